The molecule has 1 amide bonds. The predicted molar refractivity (Wildman–Crippen MR) is 144 cm³/mol. The van der Waals surface area contributed by atoms with Crippen LogP contribution in [0.25, 0.3) is 11.1 Å². The summed E-state index contributed by atoms with van der Waals surface area (Å²) >= 11 is 5.98. The molecule has 1 unspecified atom stereocenters. The number of benzene rings is 2. The van der Waals surface area contributed by atoms with Crippen molar-refractivity contribution >= 4 is 29.3 Å². The van der Waals surface area contributed by atoms with E-state index in [2.05, 4.69) is 10.3 Å². The Morgan fingerprint density at radius 3 is 2.46 bits per heavy atom. The third-order valence-electron chi connectivity index (χ3n) is 6.93. The molecular formula is C29H29ClF3N3O3. The number of carbonyl (C=O) groups excluding carboxylic acids is 1. The summed E-state index contributed by atoms with van der Waals surface area (Å²) in [6.45, 7) is 2.46. The van der Waals surface area contributed by atoms with E-state index in [1.54, 1.807) is 24.3 Å². The van der Waals surface area contributed by atoms with Crippen LogP contribution in [0.15, 0.2) is 60.8 Å². The number of carboxylic acid groups (broad SMARTS) is 1. The van der Waals surface area contributed by atoms with Crippen LogP contribution in [0.4, 0.5) is 19.0 Å². The number of likely N-dealkylation sites (tertiary alicyclic amines) is 1. The van der Waals surface area contributed by atoms with Gasteiger partial charge in [0.25, 0.3) is 5.91 Å². The number of nitrogens with one attached hydrogen (secondary N) is 1. The van der Waals surface area contributed by atoms with Crippen molar-refractivity contribution in [2.24, 2.45) is 5.92 Å². The Hall–Kier alpha value is -3.59. The van der Waals surface area contributed by atoms with Gasteiger partial charge in [0.1, 0.15) is 5.82 Å². The molecule has 1 saturated heterocycles. The molecule has 39 heavy (non-hydrogen) atoms. The van der Waals surface area contributed by atoms with Crippen LogP contribution in [-0.4, -0.2) is 46.1 Å². The largest absolute Gasteiger partial charge is 0.481 e. The number of anilines is 1. The lowest BCUT2D eigenvalue weighted by Crippen LogP contribution is -2.42. The number of alkyl halides is 3. The maximum absolute atomic E-state index is 13.2. The number of carboxylic acids is 1. The molecule has 10 heteroatoms. The Labute approximate surface area is 229 Å². The van der Waals surface area contributed by atoms with Gasteiger partial charge >= 0.3 is 12.1 Å². The highest BCUT2D eigenvalue weighted by molar-refractivity contribution is 6.30. The van der Waals surface area contributed by atoms with Crippen molar-refractivity contribution in [2.45, 2.75) is 44.8 Å². The number of aromatic nitrogens is 1. The number of hydrogen-bond donors (Lipinski definition) is 2. The molecule has 206 valence electrons. The molecule has 2 atom stereocenters. The van der Waals surface area contributed by atoms with E-state index in [9.17, 15) is 27.9 Å². The monoisotopic (exact) mass is 559 g/mol. The number of carbonyl (C=O) groups is 2. The Bertz CT molecular complexity index is 1310. The predicted octanol–water partition coefficient (Wildman–Crippen LogP) is 7.14. The molecular weight excluding hydrogens is 531 g/mol. The van der Waals surface area contributed by atoms with E-state index in [0.29, 0.717) is 41.4 Å². The minimum absolute atomic E-state index is 0.138. The van der Waals surface area contributed by atoms with Crippen LogP contribution in [0, 0.1) is 12.8 Å². The molecule has 0 radical (unpaired) electrons. The summed E-state index contributed by atoms with van der Waals surface area (Å²) in [5, 5.41) is 13.0. The fraction of sp³-hybridized carbons (Fsp3) is 0.345. The van der Waals surface area contributed by atoms with Crippen molar-refractivity contribution in [2.75, 3.05) is 18.4 Å². The number of nitrogens with zero attached hydrogens (tertiary/aromatic N) is 2. The van der Waals surface area contributed by atoms with Gasteiger partial charge in [-0.1, -0.05) is 41.9 Å². The first-order valence-electron chi connectivity index (χ1n) is 12.7. The highest BCUT2D eigenvalue weighted by atomic mass is 35.5. The highest BCUT2D eigenvalue weighted by Gasteiger charge is 2.30. The van der Waals surface area contributed by atoms with Gasteiger partial charge in [0.15, 0.2) is 0 Å². The lowest BCUT2D eigenvalue weighted by atomic mass is 9.93. The third kappa shape index (κ3) is 7.50. The van der Waals surface area contributed by atoms with Crippen LogP contribution in [0.3, 0.4) is 0 Å². The minimum atomic E-state index is -4.32. The van der Waals surface area contributed by atoms with Crippen molar-refractivity contribution in [3.05, 3.63) is 82.5 Å². The maximum Gasteiger partial charge on any atom is 0.389 e. The van der Waals surface area contributed by atoms with Crippen LogP contribution in [0.5, 0.6) is 0 Å². The van der Waals surface area contributed by atoms with Crippen molar-refractivity contribution in [3.8, 4) is 11.1 Å². The Morgan fingerprint density at radius 2 is 1.85 bits per heavy atom. The summed E-state index contributed by atoms with van der Waals surface area (Å²) in [6.07, 6.45) is -2.99. The molecule has 0 saturated carbocycles. The molecule has 1 aliphatic rings. The number of hydrogen-bond acceptors (Lipinski definition) is 4. The zero-order valence-electron chi connectivity index (χ0n) is 21.3. The van der Waals surface area contributed by atoms with E-state index in [1.165, 1.54) is 11.1 Å². The molecule has 3 aromatic rings. The van der Waals surface area contributed by atoms with Crippen LogP contribution >= 0.6 is 11.6 Å². The Kier molecular flexibility index (Phi) is 8.80. The standard InChI is InChI=1S/C29H29ClF3N3O3/c1-18-15-20(19-4-8-23(30)9-5-19)6-10-24(18)25(12-13-29(31,32)33)35-26-11-7-21(16-34-26)27(37)36-14-2-3-22(17-36)28(38)39/h4-11,15-16,22,25H,2-3,12-14,17H2,1H3,(H,34,35)(H,38,39)/t22-,25?/m1/s1. The molecule has 0 spiro atoms. The van der Waals surface area contributed by atoms with E-state index in [4.69, 9.17) is 11.6 Å². The van der Waals surface area contributed by atoms with Crippen molar-refractivity contribution in [1.29, 1.82) is 0 Å². The molecule has 6 nitrogen and oxygen atoms in total. The molecule has 0 aliphatic carbocycles. The summed E-state index contributed by atoms with van der Waals surface area (Å²) in [5.74, 6) is -1.50. The van der Waals surface area contributed by atoms with Crippen LogP contribution in [-0.2, 0) is 4.79 Å². The first kappa shape index (κ1) is 28.4. The number of rotatable bonds is 8. The van der Waals surface area contributed by atoms with Gasteiger partial charge in [-0.2, -0.15) is 13.2 Å². The number of piperidine rings is 1. The summed E-state index contributed by atoms with van der Waals surface area (Å²) in [4.78, 5) is 30.0. The third-order valence-corrected chi connectivity index (χ3v) is 7.18. The maximum atomic E-state index is 13.2. The van der Waals surface area contributed by atoms with Crippen molar-refractivity contribution in [1.82, 2.24) is 9.88 Å². The van der Waals surface area contributed by atoms with Gasteiger partial charge in [-0.05, 0) is 72.7 Å². The normalized spacial score (nSPS) is 16.5. The molecule has 4 rings (SSSR count). The zero-order valence-corrected chi connectivity index (χ0v) is 22.1. The fourth-order valence-corrected chi connectivity index (χ4v) is 4.96. The van der Waals surface area contributed by atoms with Gasteiger partial charge in [-0.15, -0.1) is 0 Å². The molecule has 1 aromatic heterocycles. The van der Waals surface area contributed by atoms with Crippen molar-refractivity contribution < 1.29 is 27.9 Å². The fourth-order valence-electron chi connectivity index (χ4n) is 4.83. The average molecular weight is 560 g/mol. The first-order valence-corrected chi connectivity index (χ1v) is 13.1. The molecule has 2 aromatic carbocycles. The minimum Gasteiger partial charge on any atom is -0.481 e. The number of amides is 1. The lowest BCUT2D eigenvalue weighted by Gasteiger charge is -2.30. The van der Waals surface area contributed by atoms with Gasteiger partial charge in [0, 0.05) is 30.7 Å². The second kappa shape index (κ2) is 12.1. The van der Waals surface area contributed by atoms with E-state index >= 15 is 0 Å². The van der Waals surface area contributed by atoms with Gasteiger partial charge in [0.2, 0.25) is 0 Å². The number of halogens is 4. The quantitative estimate of drug-likeness (QED) is 0.306. The smallest absolute Gasteiger partial charge is 0.389 e. The van der Waals surface area contributed by atoms with Crippen LogP contribution in [0.1, 0.15) is 53.2 Å². The SMILES string of the molecule is Cc1cc(-c2ccc(Cl)cc2)ccc1C(CCC(F)(F)F)Nc1ccc(C(=O)N2CCC[C@@H](C(=O)O)C2)cn1. The van der Waals surface area contributed by atoms with Gasteiger partial charge in [0.05, 0.1) is 17.5 Å². The van der Waals surface area contributed by atoms with Crippen molar-refractivity contribution in [3.63, 3.8) is 0 Å². The average Bonchev–Trinajstić information content (AvgIpc) is 2.91. The number of aryl methyl sites for hydroxylation is 1. The first-order chi connectivity index (χ1) is 18.5. The lowest BCUT2D eigenvalue weighted by molar-refractivity contribution is -0.143. The number of aliphatic carboxylic acids is 1. The van der Waals surface area contributed by atoms with E-state index in [1.807, 2.05) is 37.3 Å². The van der Waals surface area contributed by atoms with E-state index in [-0.39, 0.29) is 18.9 Å². The van der Waals surface area contributed by atoms with Gasteiger partial charge in [-0.25, -0.2) is 4.98 Å². The summed E-state index contributed by atoms with van der Waals surface area (Å²) in [6, 6.07) is 15.4. The molecule has 1 aliphatic heterocycles. The highest BCUT2D eigenvalue weighted by Crippen LogP contribution is 2.33. The zero-order chi connectivity index (χ0) is 28.2. The van der Waals surface area contributed by atoms with E-state index < -0.39 is 30.5 Å². The van der Waals surface area contributed by atoms with Crippen LogP contribution in [0.2, 0.25) is 5.02 Å². The summed E-state index contributed by atoms with van der Waals surface area (Å²) in [5.41, 5.74) is 3.70. The van der Waals surface area contributed by atoms with E-state index in [0.717, 1.165) is 16.7 Å². The summed E-state index contributed by atoms with van der Waals surface area (Å²) in [7, 11) is 0. The Balaban J connectivity index is 1.52. The number of pyridine rings is 1. The van der Waals surface area contributed by atoms with Gasteiger partial charge < -0.3 is 15.3 Å². The molecule has 2 heterocycles. The summed E-state index contributed by atoms with van der Waals surface area (Å²) < 4.78 is 39.5. The Morgan fingerprint density at radius 1 is 1.13 bits per heavy atom. The van der Waals surface area contributed by atoms with Gasteiger partial charge in [-0.3, -0.25) is 9.59 Å². The second-order valence-corrected chi connectivity index (χ2v) is 10.2. The topological polar surface area (TPSA) is 82.5 Å². The molecule has 0 bridgehead atoms. The molecule has 1 fully saturated rings. The molecule has 2 N–H and O–H groups in total. The second-order valence-electron chi connectivity index (χ2n) is 9.79. The van der Waals surface area contributed by atoms with Crippen LogP contribution < -0.4 is 5.32 Å².